The van der Waals surface area contributed by atoms with E-state index in [1.54, 1.807) is 10.9 Å². The molecule has 1 aromatic heterocycles. The first-order valence-corrected chi connectivity index (χ1v) is 6.88. The van der Waals surface area contributed by atoms with E-state index in [1.165, 1.54) is 0 Å². The molecule has 1 atom stereocenters. The monoisotopic (exact) mass is 299 g/mol. The SMILES string of the molecule is CC(C)n1ncc(Br)c1C(=O)C1CCCNC1. The van der Waals surface area contributed by atoms with E-state index >= 15 is 0 Å². The van der Waals surface area contributed by atoms with Gasteiger partial charge in [0, 0.05) is 18.5 Å². The van der Waals surface area contributed by atoms with Crippen molar-refractivity contribution in [2.24, 2.45) is 5.92 Å². The van der Waals surface area contributed by atoms with E-state index in [9.17, 15) is 4.79 Å². The first-order valence-electron chi connectivity index (χ1n) is 6.09. The summed E-state index contributed by atoms with van der Waals surface area (Å²) >= 11 is 3.43. The van der Waals surface area contributed by atoms with E-state index in [2.05, 4.69) is 26.3 Å². The summed E-state index contributed by atoms with van der Waals surface area (Å²) in [4.78, 5) is 12.5. The molecule has 1 N–H and O–H groups in total. The zero-order valence-electron chi connectivity index (χ0n) is 10.2. The number of piperidine rings is 1. The first-order chi connectivity index (χ1) is 8.11. The highest BCUT2D eigenvalue weighted by molar-refractivity contribution is 9.10. The summed E-state index contributed by atoms with van der Waals surface area (Å²) in [5.74, 6) is 0.296. The van der Waals surface area contributed by atoms with Crippen molar-refractivity contribution in [2.45, 2.75) is 32.7 Å². The maximum Gasteiger partial charge on any atom is 0.186 e. The Kier molecular flexibility index (Phi) is 3.99. The second kappa shape index (κ2) is 5.31. The number of nitrogens with one attached hydrogen (secondary N) is 1. The number of carbonyl (C=O) groups excluding carboxylic acids is 1. The van der Waals surface area contributed by atoms with Gasteiger partial charge in [0.25, 0.3) is 0 Å². The van der Waals surface area contributed by atoms with Crippen molar-refractivity contribution in [3.8, 4) is 0 Å². The second-order valence-corrected chi connectivity index (χ2v) is 5.64. The fraction of sp³-hybridized carbons (Fsp3) is 0.667. The number of aromatic nitrogens is 2. The molecule has 1 aliphatic rings. The molecule has 0 amide bonds. The Hall–Kier alpha value is -0.680. The van der Waals surface area contributed by atoms with E-state index in [1.807, 2.05) is 13.8 Å². The second-order valence-electron chi connectivity index (χ2n) is 4.79. The van der Waals surface area contributed by atoms with E-state index in [4.69, 9.17) is 0 Å². The molecule has 0 radical (unpaired) electrons. The Bertz CT molecular complexity index is 408. The Morgan fingerprint density at radius 3 is 3.00 bits per heavy atom. The van der Waals surface area contributed by atoms with E-state index in [-0.39, 0.29) is 17.7 Å². The highest BCUT2D eigenvalue weighted by Crippen LogP contribution is 2.25. The number of ketones is 1. The molecule has 17 heavy (non-hydrogen) atoms. The highest BCUT2D eigenvalue weighted by Gasteiger charge is 2.27. The van der Waals surface area contributed by atoms with Gasteiger partial charge in [-0.05, 0) is 49.2 Å². The molecule has 1 aliphatic heterocycles. The Morgan fingerprint density at radius 1 is 1.65 bits per heavy atom. The first kappa shape index (κ1) is 12.8. The van der Waals surface area contributed by atoms with Crippen LogP contribution < -0.4 is 5.32 Å². The van der Waals surface area contributed by atoms with Gasteiger partial charge in [0.05, 0.1) is 10.7 Å². The van der Waals surface area contributed by atoms with Crippen molar-refractivity contribution in [3.63, 3.8) is 0 Å². The predicted molar refractivity (Wildman–Crippen MR) is 70.2 cm³/mol. The van der Waals surface area contributed by atoms with Gasteiger partial charge in [-0.25, -0.2) is 0 Å². The zero-order valence-corrected chi connectivity index (χ0v) is 11.8. The van der Waals surface area contributed by atoms with Gasteiger partial charge in [-0.15, -0.1) is 0 Å². The standard InChI is InChI=1S/C12H18BrN3O/c1-8(2)16-11(10(13)7-15-16)12(17)9-4-3-5-14-6-9/h7-9,14H,3-6H2,1-2H3. The van der Waals surface area contributed by atoms with Crippen LogP contribution in [0.5, 0.6) is 0 Å². The van der Waals surface area contributed by atoms with Gasteiger partial charge in [0.15, 0.2) is 5.78 Å². The van der Waals surface area contributed by atoms with Crippen molar-refractivity contribution in [1.29, 1.82) is 0 Å². The number of carbonyl (C=O) groups is 1. The van der Waals surface area contributed by atoms with Crippen LogP contribution in [0.15, 0.2) is 10.7 Å². The van der Waals surface area contributed by atoms with Crippen LogP contribution in [0.3, 0.4) is 0 Å². The average Bonchev–Trinajstić information content (AvgIpc) is 2.71. The van der Waals surface area contributed by atoms with E-state index in [0.29, 0.717) is 5.69 Å². The third-order valence-corrected chi connectivity index (χ3v) is 3.72. The number of rotatable bonds is 3. The molecular formula is C12H18BrN3O. The van der Waals surface area contributed by atoms with Crippen LogP contribution in [0.25, 0.3) is 0 Å². The summed E-state index contributed by atoms with van der Waals surface area (Å²) in [6.45, 7) is 5.88. The molecule has 0 aromatic carbocycles. The van der Waals surface area contributed by atoms with Crippen molar-refractivity contribution in [1.82, 2.24) is 15.1 Å². The van der Waals surface area contributed by atoms with Crippen LogP contribution >= 0.6 is 15.9 Å². The number of nitrogens with zero attached hydrogens (tertiary/aromatic N) is 2. The van der Waals surface area contributed by atoms with Gasteiger partial charge in [-0.2, -0.15) is 5.10 Å². The normalized spacial score (nSPS) is 20.8. The molecule has 2 heterocycles. The van der Waals surface area contributed by atoms with Crippen molar-refractivity contribution < 1.29 is 4.79 Å². The van der Waals surface area contributed by atoms with Gasteiger partial charge in [0.1, 0.15) is 5.69 Å². The fourth-order valence-electron chi connectivity index (χ4n) is 2.23. The zero-order chi connectivity index (χ0) is 12.4. The molecular weight excluding hydrogens is 282 g/mol. The predicted octanol–water partition coefficient (Wildman–Crippen LogP) is 2.41. The molecule has 1 saturated heterocycles. The third-order valence-electron chi connectivity index (χ3n) is 3.14. The number of hydrogen-bond donors (Lipinski definition) is 1. The average molecular weight is 300 g/mol. The lowest BCUT2D eigenvalue weighted by Crippen LogP contribution is -2.35. The lowest BCUT2D eigenvalue weighted by molar-refractivity contribution is 0.0885. The quantitative estimate of drug-likeness (QED) is 0.872. The lowest BCUT2D eigenvalue weighted by Gasteiger charge is -2.22. The summed E-state index contributed by atoms with van der Waals surface area (Å²) in [6, 6.07) is 0.205. The molecule has 0 aliphatic carbocycles. The van der Waals surface area contributed by atoms with Crippen molar-refractivity contribution in [2.75, 3.05) is 13.1 Å². The summed E-state index contributed by atoms with van der Waals surface area (Å²) in [7, 11) is 0. The van der Waals surface area contributed by atoms with Crippen LogP contribution in [0.2, 0.25) is 0 Å². The molecule has 94 valence electrons. The smallest absolute Gasteiger partial charge is 0.186 e. The summed E-state index contributed by atoms with van der Waals surface area (Å²) in [5.41, 5.74) is 0.716. The molecule has 0 bridgehead atoms. The molecule has 5 heteroatoms. The summed E-state index contributed by atoms with van der Waals surface area (Å²) in [5, 5.41) is 7.54. The van der Waals surface area contributed by atoms with Gasteiger partial charge in [-0.3, -0.25) is 9.48 Å². The molecule has 4 nitrogen and oxygen atoms in total. The van der Waals surface area contributed by atoms with Crippen molar-refractivity contribution in [3.05, 3.63) is 16.4 Å². The molecule has 1 fully saturated rings. The van der Waals surface area contributed by atoms with Gasteiger partial charge in [0.2, 0.25) is 0 Å². The van der Waals surface area contributed by atoms with Crippen LogP contribution in [-0.4, -0.2) is 28.7 Å². The van der Waals surface area contributed by atoms with Gasteiger partial charge in [-0.1, -0.05) is 0 Å². The number of hydrogen-bond acceptors (Lipinski definition) is 3. The minimum absolute atomic E-state index is 0.0919. The summed E-state index contributed by atoms with van der Waals surface area (Å²) in [6.07, 6.45) is 3.76. The molecule has 1 aromatic rings. The minimum atomic E-state index is 0.0919. The molecule has 2 rings (SSSR count). The van der Waals surface area contributed by atoms with Crippen LogP contribution in [0.1, 0.15) is 43.2 Å². The lowest BCUT2D eigenvalue weighted by atomic mass is 9.93. The maximum atomic E-state index is 12.5. The number of Topliss-reactive ketones (excluding diaryl/α,β-unsaturated/α-hetero) is 1. The number of halogens is 1. The van der Waals surface area contributed by atoms with E-state index in [0.717, 1.165) is 30.4 Å². The highest BCUT2D eigenvalue weighted by atomic mass is 79.9. The fourth-order valence-corrected chi connectivity index (χ4v) is 2.70. The van der Waals surface area contributed by atoms with Crippen LogP contribution in [0.4, 0.5) is 0 Å². The molecule has 1 unspecified atom stereocenters. The Morgan fingerprint density at radius 2 is 2.41 bits per heavy atom. The topological polar surface area (TPSA) is 46.9 Å². The maximum absolute atomic E-state index is 12.5. The molecule has 0 spiro atoms. The minimum Gasteiger partial charge on any atom is -0.316 e. The van der Waals surface area contributed by atoms with Crippen LogP contribution in [-0.2, 0) is 0 Å². The molecule has 0 saturated carbocycles. The largest absolute Gasteiger partial charge is 0.316 e. The van der Waals surface area contributed by atoms with Gasteiger partial charge >= 0.3 is 0 Å². The van der Waals surface area contributed by atoms with Crippen LogP contribution in [0, 0.1) is 5.92 Å². The van der Waals surface area contributed by atoms with Gasteiger partial charge < -0.3 is 5.32 Å². The third kappa shape index (κ3) is 2.60. The van der Waals surface area contributed by atoms with E-state index < -0.39 is 0 Å². The Balaban J connectivity index is 2.26. The Labute approximate surface area is 110 Å². The van der Waals surface area contributed by atoms with Crippen molar-refractivity contribution >= 4 is 21.7 Å². The summed E-state index contributed by atoms with van der Waals surface area (Å²) < 4.78 is 2.61.